The minimum atomic E-state index is -0.198. The Hall–Kier alpha value is -3.24. The Morgan fingerprint density at radius 3 is 2.77 bits per heavy atom. The molecule has 0 aliphatic carbocycles. The van der Waals surface area contributed by atoms with Crippen molar-refractivity contribution in [2.45, 2.75) is 39.7 Å². The number of halogens is 1. The summed E-state index contributed by atoms with van der Waals surface area (Å²) in [5, 5.41) is 15.4. The van der Waals surface area contributed by atoms with Crippen LogP contribution in [-0.2, 0) is 6.54 Å². The van der Waals surface area contributed by atoms with Crippen molar-refractivity contribution in [2.24, 2.45) is 5.10 Å². The van der Waals surface area contributed by atoms with Crippen molar-refractivity contribution in [3.8, 4) is 6.07 Å². The van der Waals surface area contributed by atoms with Crippen molar-refractivity contribution in [3.63, 3.8) is 0 Å². The van der Waals surface area contributed by atoms with Crippen molar-refractivity contribution in [1.82, 2.24) is 14.2 Å². The van der Waals surface area contributed by atoms with Gasteiger partial charge in [0.25, 0.3) is 5.56 Å². The first-order valence-electron chi connectivity index (χ1n) is 10.2. The molecule has 1 atom stereocenters. The van der Waals surface area contributed by atoms with Crippen molar-refractivity contribution in [1.29, 1.82) is 5.26 Å². The number of rotatable bonds is 5. The summed E-state index contributed by atoms with van der Waals surface area (Å²) < 4.78 is 4.20. The molecule has 0 aliphatic rings. The molecule has 31 heavy (non-hydrogen) atoms. The Labute approximate surface area is 188 Å². The SMILES string of the molecule is CC[C@H](C)c1nc2ccc(Br)cc2c(=O)n1N=Cc1c(C)n(CC#N)c2ccccc12. The Kier molecular flexibility index (Phi) is 5.75. The fourth-order valence-electron chi connectivity index (χ4n) is 3.79. The summed E-state index contributed by atoms with van der Waals surface area (Å²) >= 11 is 3.44. The van der Waals surface area contributed by atoms with Crippen LogP contribution < -0.4 is 5.56 Å². The monoisotopic (exact) mass is 475 g/mol. The van der Waals surface area contributed by atoms with Crippen molar-refractivity contribution < 1.29 is 0 Å². The third-order valence-corrected chi connectivity index (χ3v) is 6.19. The van der Waals surface area contributed by atoms with E-state index in [1.54, 1.807) is 12.3 Å². The molecule has 0 unspecified atom stereocenters. The van der Waals surface area contributed by atoms with Crippen molar-refractivity contribution in [2.75, 3.05) is 0 Å². The first-order chi connectivity index (χ1) is 15.0. The molecule has 4 rings (SSSR count). The van der Waals surface area contributed by atoms with E-state index in [4.69, 9.17) is 4.98 Å². The molecule has 0 fully saturated rings. The zero-order chi connectivity index (χ0) is 22.1. The van der Waals surface area contributed by atoms with Gasteiger partial charge < -0.3 is 4.57 Å². The molecular weight excluding hydrogens is 454 g/mol. The lowest BCUT2D eigenvalue weighted by atomic mass is 10.1. The van der Waals surface area contributed by atoms with E-state index >= 15 is 0 Å². The van der Waals surface area contributed by atoms with Gasteiger partial charge in [-0.15, -0.1) is 0 Å². The highest BCUT2D eigenvalue weighted by atomic mass is 79.9. The predicted octanol–water partition coefficient (Wildman–Crippen LogP) is 5.34. The Morgan fingerprint density at radius 2 is 2.03 bits per heavy atom. The fourth-order valence-corrected chi connectivity index (χ4v) is 4.15. The van der Waals surface area contributed by atoms with Crippen LogP contribution in [0.25, 0.3) is 21.8 Å². The molecule has 2 heterocycles. The van der Waals surface area contributed by atoms with Gasteiger partial charge in [0.1, 0.15) is 12.4 Å². The standard InChI is InChI=1S/C24H22BrN5O/c1-4-15(2)23-28-21-10-9-17(25)13-19(21)24(31)30(23)27-14-20-16(3)29(12-11-26)22-8-6-5-7-18(20)22/h5-10,13-15H,4,12H2,1-3H3/t15-/m0/s1. The second kappa shape index (κ2) is 8.48. The van der Waals surface area contributed by atoms with Crippen LogP contribution in [0.5, 0.6) is 0 Å². The van der Waals surface area contributed by atoms with Crippen LogP contribution >= 0.6 is 15.9 Å². The molecule has 156 valence electrons. The summed E-state index contributed by atoms with van der Waals surface area (Å²) in [6.07, 6.45) is 2.55. The summed E-state index contributed by atoms with van der Waals surface area (Å²) in [7, 11) is 0. The maximum absolute atomic E-state index is 13.3. The van der Waals surface area contributed by atoms with Crippen LogP contribution in [0.4, 0.5) is 0 Å². The van der Waals surface area contributed by atoms with Gasteiger partial charge in [-0.3, -0.25) is 4.79 Å². The lowest BCUT2D eigenvalue weighted by Crippen LogP contribution is -2.23. The van der Waals surface area contributed by atoms with Gasteiger partial charge in [-0.25, -0.2) is 4.98 Å². The molecule has 0 amide bonds. The van der Waals surface area contributed by atoms with Crippen LogP contribution in [0.15, 0.2) is 56.8 Å². The maximum atomic E-state index is 13.3. The number of aromatic nitrogens is 3. The molecule has 2 aromatic heterocycles. The minimum absolute atomic E-state index is 0.0684. The lowest BCUT2D eigenvalue weighted by molar-refractivity contribution is 0.613. The molecule has 4 aromatic rings. The van der Waals surface area contributed by atoms with E-state index in [0.29, 0.717) is 16.7 Å². The summed E-state index contributed by atoms with van der Waals surface area (Å²) in [6, 6.07) is 15.6. The average molecular weight is 476 g/mol. The highest BCUT2D eigenvalue weighted by Gasteiger charge is 2.17. The lowest BCUT2D eigenvalue weighted by Gasteiger charge is -2.14. The van der Waals surface area contributed by atoms with Gasteiger partial charge in [0.2, 0.25) is 0 Å². The van der Waals surface area contributed by atoms with Gasteiger partial charge in [-0.05, 0) is 37.6 Å². The number of hydrogen-bond donors (Lipinski definition) is 0. The normalized spacial score (nSPS) is 12.6. The van der Waals surface area contributed by atoms with Gasteiger partial charge >= 0.3 is 0 Å². The van der Waals surface area contributed by atoms with E-state index in [1.807, 2.05) is 54.8 Å². The zero-order valence-electron chi connectivity index (χ0n) is 17.6. The van der Waals surface area contributed by atoms with Gasteiger partial charge in [-0.2, -0.15) is 15.0 Å². The van der Waals surface area contributed by atoms with Crippen molar-refractivity contribution in [3.05, 3.63) is 74.4 Å². The number of nitrogens with zero attached hydrogens (tertiary/aromatic N) is 5. The highest BCUT2D eigenvalue weighted by molar-refractivity contribution is 9.10. The fraction of sp³-hybridized carbons (Fsp3) is 0.250. The second-order valence-electron chi connectivity index (χ2n) is 7.56. The third-order valence-electron chi connectivity index (χ3n) is 5.70. The molecular formula is C24H22BrN5O. The molecule has 7 heteroatoms. The van der Waals surface area contributed by atoms with Crippen LogP contribution in [0.3, 0.4) is 0 Å². The molecule has 0 saturated heterocycles. The molecule has 0 N–H and O–H groups in total. The molecule has 0 radical (unpaired) electrons. The minimum Gasteiger partial charge on any atom is -0.330 e. The van der Waals surface area contributed by atoms with E-state index in [0.717, 1.165) is 33.1 Å². The first kappa shape index (κ1) is 21.0. The Morgan fingerprint density at radius 1 is 1.26 bits per heavy atom. The zero-order valence-corrected chi connectivity index (χ0v) is 19.2. The number of nitriles is 1. The Bertz CT molecular complexity index is 1420. The van der Waals surface area contributed by atoms with Crippen LogP contribution in [-0.4, -0.2) is 20.4 Å². The second-order valence-corrected chi connectivity index (χ2v) is 8.48. The number of hydrogen-bond acceptors (Lipinski definition) is 4. The van der Waals surface area contributed by atoms with E-state index < -0.39 is 0 Å². The molecule has 0 saturated carbocycles. The van der Waals surface area contributed by atoms with E-state index in [2.05, 4.69) is 34.0 Å². The van der Waals surface area contributed by atoms with Crippen LogP contribution in [0, 0.1) is 18.3 Å². The quantitative estimate of drug-likeness (QED) is 0.365. The van der Waals surface area contributed by atoms with E-state index in [-0.39, 0.29) is 18.0 Å². The highest BCUT2D eigenvalue weighted by Crippen LogP contribution is 2.25. The Balaban J connectivity index is 1.95. The molecule has 0 aliphatic heterocycles. The van der Waals surface area contributed by atoms with Crippen molar-refractivity contribution >= 4 is 44.0 Å². The maximum Gasteiger partial charge on any atom is 0.282 e. The van der Waals surface area contributed by atoms with Crippen LogP contribution in [0.2, 0.25) is 0 Å². The van der Waals surface area contributed by atoms with Gasteiger partial charge in [-0.1, -0.05) is 48.0 Å². The van der Waals surface area contributed by atoms with E-state index in [9.17, 15) is 10.1 Å². The number of fused-ring (bicyclic) bond motifs is 2. The summed E-state index contributed by atoms with van der Waals surface area (Å²) in [5.74, 6) is 0.705. The van der Waals surface area contributed by atoms with Gasteiger partial charge in [0, 0.05) is 32.6 Å². The smallest absolute Gasteiger partial charge is 0.282 e. The summed E-state index contributed by atoms with van der Waals surface area (Å²) in [4.78, 5) is 18.1. The summed E-state index contributed by atoms with van der Waals surface area (Å²) in [6.45, 7) is 6.33. The largest absolute Gasteiger partial charge is 0.330 e. The van der Waals surface area contributed by atoms with Gasteiger partial charge in [0.05, 0.1) is 23.2 Å². The molecule has 6 nitrogen and oxygen atoms in total. The topological polar surface area (TPSA) is 76.0 Å². The number of benzene rings is 2. The van der Waals surface area contributed by atoms with Gasteiger partial charge in [0.15, 0.2) is 0 Å². The summed E-state index contributed by atoms with van der Waals surface area (Å²) in [5.41, 5.74) is 3.26. The average Bonchev–Trinajstić information content (AvgIpc) is 3.04. The molecule has 0 bridgehead atoms. The van der Waals surface area contributed by atoms with E-state index in [1.165, 1.54) is 4.68 Å². The third kappa shape index (κ3) is 3.68. The van der Waals surface area contributed by atoms with Crippen LogP contribution in [0.1, 0.15) is 43.3 Å². The predicted molar refractivity (Wildman–Crippen MR) is 128 cm³/mol. The molecule has 2 aromatic carbocycles. The number of para-hydroxylation sites is 1. The first-order valence-corrected chi connectivity index (χ1v) is 11.0. The molecule has 0 spiro atoms.